The third-order valence-corrected chi connectivity index (χ3v) is 3.32. The highest BCUT2D eigenvalue weighted by Gasteiger charge is 2.06. The molecule has 3 rings (SSSR count). The number of aromatic nitrogens is 3. The second kappa shape index (κ2) is 7.20. The van der Waals surface area contributed by atoms with E-state index < -0.39 is 0 Å². The number of hydrogen-bond donors (Lipinski definition) is 2. The van der Waals surface area contributed by atoms with Crippen LogP contribution in [-0.2, 0) is 6.54 Å². The molecule has 6 nitrogen and oxygen atoms in total. The number of nitrogens with one attached hydrogen (secondary N) is 2. The molecule has 24 heavy (non-hydrogen) atoms. The van der Waals surface area contributed by atoms with Gasteiger partial charge in [-0.15, -0.1) is 0 Å². The Morgan fingerprint density at radius 1 is 1.08 bits per heavy atom. The first kappa shape index (κ1) is 15.4. The number of benzene rings is 1. The van der Waals surface area contributed by atoms with Gasteiger partial charge in [-0.3, -0.25) is 4.98 Å². The molecule has 0 saturated heterocycles. The Kier molecular flexibility index (Phi) is 4.63. The Morgan fingerprint density at radius 3 is 2.71 bits per heavy atom. The van der Waals surface area contributed by atoms with Crippen LogP contribution in [0, 0.1) is 18.3 Å². The fraction of sp³-hybridized carbons (Fsp3) is 0.111. The van der Waals surface area contributed by atoms with E-state index in [0.29, 0.717) is 29.6 Å². The molecule has 0 unspecified atom stereocenters. The van der Waals surface area contributed by atoms with Crippen molar-refractivity contribution in [3.8, 4) is 6.07 Å². The number of nitriles is 1. The molecule has 118 valence electrons. The minimum atomic E-state index is 0.512. The molecule has 0 fully saturated rings. The lowest BCUT2D eigenvalue weighted by Crippen LogP contribution is -2.07. The quantitative estimate of drug-likeness (QED) is 0.750. The lowest BCUT2D eigenvalue weighted by atomic mass is 10.2. The molecule has 2 N–H and O–H groups in total. The van der Waals surface area contributed by atoms with Crippen LogP contribution in [0.4, 0.5) is 17.5 Å². The number of nitrogens with zero attached hydrogens (tertiary/aromatic N) is 4. The van der Waals surface area contributed by atoms with Crippen LogP contribution in [0.1, 0.15) is 17.0 Å². The zero-order valence-corrected chi connectivity index (χ0v) is 13.2. The third kappa shape index (κ3) is 3.84. The van der Waals surface area contributed by atoms with Crippen LogP contribution in [0.15, 0.2) is 54.7 Å². The molecule has 0 amide bonds. The number of rotatable bonds is 5. The molecule has 0 saturated carbocycles. The van der Waals surface area contributed by atoms with Gasteiger partial charge in [-0.25, -0.2) is 4.98 Å². The highest BCUT2D eigenvalue weighted by molar-refractivity contribution is 5.65. The van der Waals surface area contributed by atoms with Crippen LogP contribution in [0.3, 0.4) is 0 Å². The first-order chi connectivity index (χ1) is 11.7. The summed E-state index contributed by atoms with van der Waals surface area (Å²) in [5.41, 5.74) is 3.02. The van der Waals surface area contributed by atoms with Crippen molar-refractivity contribution in [1.82, 2.24) is 15.0 Å². The average Bonchev–Trinajstić information content (AvgIpc) is 2.61. The van der Waals surface area contributed by atoms with E-state index in [4.69, 9.17) is 0 Å². The summed E-state index contributed by atoms with van der Waals surface area (Å²) < 4.78 is 0. The SMILES string of the molecule is Cc1cc(Nc2ccccc2C#N)nc(NCc2ccccn2)n1. The van der Waals surface area contributed by atoms with Gasteiger partial charge in [0.2, 0.25) is 5.95 Å². The van der Waals surface area contributed by atoms with Gasteiger partial charge in [0.25, 0.3) is 0 Å². The average molecular weight is 316 g/mol. The standard InChI is InChI=1S/C18H16N6/c1-13-10-17(23-16-8-3-2-6-14(16)11-19)24-18(22-13)21-12-15-7-4-5-9-20-15/h2-10H,12H2,1H3,(H2,21,22,23,24). The predicted molar refractivity (Wildman–Crippen MR) is 92.8 cm³/mol. The van der Waals surface area contributed by atoms with E-state index in [2.05, 4.69) is 31.7 Å². The van der Waals surface area contributed by atoms with E-state index in [1.807, 2.05) is 49.4 Å². The van der Waals surface area contributed by atoms with E-state index in [1.54, 1.807) is 12.3 Å². The van der Waals surface area contributed by atoms with E-state index in [1.165, 1.54) is 0 Å². The van der Waals surface area contributed by atoms with Crippen molar-refractivity contribution in [3.63, 3.8) is 0 Å². The topological polar surface area (TPSA) is 86.5 Å². The van der Waals surface area contributed by atoms with Gasteiger partial charge in [-0.1, -0.05) is 18.2 Å². The van der Waals surface area contributed by atoms with E-state index >= 15 is 0 Å². The van der Waals surface area contributed by atoms with Crippen molar-refractivity contribution in [2.75, 3.05) is 10.6 Å². The van der Waals surface area contributed by atoms with Crippen molar-refractivity contribution in [1.29, 1.82) is 5.26 Å². The summed E-state index contributed by atoms with van der Waals surface area (Å²) in [5.74, 6) is 1.14. The summed E-state index contributed by atoms with van der Waals surface area (Å²) in [4.78, 5) is 13.1. The molecule has 0 radical (unpaired) electrons. The van der Waals surface area contributed by atoms with Gasteiger partial charge >= 0.3 is 0 Å². The van der Waals surface area contributed by atoms with Crippen LogP contribution in [0.5, 0.6) is 0 Å². The summed E-state index contributed by atoms with van der Waals surface area (Å²) in [5, 5.41) is 15.5. The van der Waals surface area contributed by atoms with Crippen LogP contribution in [0.2, 0.25) is 0 Å². The smallest absolute Gasteiger partial charge is 0.225 e. The Hall–Kier alpha value is -3.46. The van der Waals surface area contributed by atoms with Crippen LogP contribution < -0.4 is 10.6 Å². The largest absolute Gasteiger partial charge is 0.349 e. The van der Waals surface area contributed by atoms with Crippen LogP contribution in [0.25, 0.3) is 0 Å². The molecular weight excluding hydrogens is 300 g/mol. The number of pyridine rings is 1. The zero-order valence-electron chi connectivity index (χ0n) is 13.2. The molecule has 0 spiro atoms. The fourth-order valence-corrected chi connectivity index (χ4v) is 2.21. The molecule has 0 bridgehead atoms. The maximum absolute atomic E-state index is 9.17. The minimum absolute atomic E-state index is 0.512. The Balaban J connectivity index is 1.78. The van der Waals surface area contributed by atoms with Gasteiger partial charge in [0.15, 0.2) is 0 Å². The fourth-order valence-electron chi connectivity index (χ4n) is 2.21. The summed E-state index contributed by atoms with van der Waals surface area (Å²) >= 11 is 0. The number of para-hydroxylation sites is 1. The lowest BCUT2D eigenvalue weighted by Gasteiger charge is -2.10. The van der Waals surface area contributed by atoms with Crippen molar-refractivity contribution < 1.29 is 0 Å². The predicted octanol–water partition coefficient (Wildman–Crippen LogP) is 3.41. The molecule has 0 aliphatic carbocycles. The molecule has 2 aromatic heterocycles. The first-order valence-corrected chi connectivity index (χ1v) is 7.50. The second-order valence-corrected chi connectivity index (χ2v) is 5.18. The molecule has 2 heterocycles. The monoisotopic (exact) mass is 316 g/mol. The Morgan fingerprint density at radius 2 is 1.92 bits per heavy atom. The van der Waals surface area contributed by atoms with E-state index in [9.17, 15) is 5.26 Å². The Labute approximate surface area is 140 Å². The summed E-state index contributed by atoms with van der Waals surface area (Å²) in [6.45, 7) is 2.44. The summed E-state index contributed by atoms with van der Waals surface area (Å²) in [6.07, 6.45) is 1.75. The third-order valence-electron chi connectivity index (χ3n) is 3.32. The number of hydrogen-bond acceptors (Lipinski definition) is 6. The molecule has 3 aromatic rings. The summed E-state index contributed by atoms with van der Waals surface area (Å²) in [7, 11) is 0. The highest BCUT2D eigenvalue weighted by atomic mass is 15.1. The number of aryl methyl sites for hydroxylation is 1. The van der Waals surface area contributed by atoms with E-state index in [-0.39, 0.29) is 0 Å². The minimum Gasteiger partial charge on any atom is -0.349 e. The molecule has 0 aliphatic heterocycles. The van der Waals surface area contributed by atoms with Gasteiger partial charge in [0.05, 0.1) is 23.5 Å². The first-order valence-electron chi connectivity index (χ1n) is 7.50. The van der Waals surface area contributed by atoms with Crippen LogP contribution in [-0.4, -0.2) is 15.0 Å². The molecular formula is C18H16N6. The lowest BCUT2D eigenvalue weighted by molar-refractivity contribution is 0.991. The maximum atomic E-state index is 9.17. The van der Waals surface area contributed by atoms with Gasteiger partial charge in [0.1, 0.15) is 11.9 Å². The van der Waals surface area contributed by atoms with Crippen molar-refractivity contribution in [2.24, 2.45) is 0 Å². The maximum Gasteiger partial charge on any atom is 0.225 e. The zero-order chi connectivity index (χ0) is 16.8. The van der Waals surface area contributed by atoms with Crippen molar-refractivity contribution >= 4 is 17.5 Å². The Bertz CT molecular complexity index is 870. The molecule has 0 atom stereocenters. The number of anilines is 3. The molecule has 1 aromatic carbocycles. The normalized spacial score (nSPS) is 10.0. The molecule has 0 aliphatic rings. The molecule has 6 heteroatoms. The second-order valence-electron chi connectivity index (χ2n) is 5.18. The van der Waals surface area contributed by atoms with Gasteiger partial charge in [0, 0.05) is 18.0 Å². The van der Waals surface area contributed by atoms with Crippen LogP contribution >= 0.6 is 0 Å². The van der Waals surface area contributed by atoms with Gasteiger partial charge in [-0.2, -0.15) is 10.2 Å². The summed E-state index contributed by atoms with van der Waals surface area (Å²) in [6, 6.07) is 17.1. The van der Waals surface area contributed by atoms with Gasteiger partial charge < -0.3 is 10.6 Å². The van der Waals surface area contributed by atoms with Gasteiger partial charge in [-0.05, 0) is 31.2 Å². The van der Waals surface area contributed by atoms with E-state index in [0.717, 1.165) is 11.4 Å². The van der Waals surface area contributed by atoms with Crippen molar-refractivity contribution in [2.45, 2.75) is 13.5 Å². The highest BCUT2D eigenvalue weighted by Crippen LogP contribution is 2.20. The van der Waals surface area contributed by atoms with Crippen molar-refractivity contribution in [3.05, 3.63) is 71.7 Å².